The van der Waals surface area contributed by atoms with E-state index >= 15 is 0 Å². The molecular weight excluding hydrogens is 334 g/mol. The lowest BCUT2D eigenvalue weighted by molar-refractivity contribution is 0.521. The van der Waals surface area contributed by atoms with Crippen LogP contribution in [0, 0.1) is 10.7 Å². The molecule has 3 nitrogen and oxygen atoms in total. The predicted octanol–water partition coefficient (Wildman–Crippen LogP) is 4.68. The second-order valence-corrected chi connectivity index (χ2v) is 6.13. The summed E-state index contributed by atoms with van der Waals surface area (Å²) in [5, 5.41) is 7.78. The molecule has 1 aromatic heterocycles. The van der Waals surface area contributed by atoms with Gasteiger partial charge in [-0.25, -0.2) is 0 Å². The maximum atomic E-state index is 6.11. The zero-order chi connectivity index (χ0) is 13.3. The third kappa shape index (κ3) is 2.84. The van der Waals surface area contributed by atoms with E-state index in [2.05, 4.69) is 40.0 Å². The second-order valence-electron chi connectivity index (χ2n) is 4.49. The number of hydrogen-bond acceptors (Lipinski definition) is 2. The Kier molecular flexibility index (Phi) is 4.25. The molecule has 0 fully saturated rings. The fourth-order valence-corrected chi connectivity index (χ4v) is 2.34. The molecule has 96 valence electrons. The van der Waals surface area contributed by atoms with Crippen LogP contribution >= 0.6 is 39.7 Å². The highest BCUT2D eigenvalue weighted by atomic mass is 79.9. The van der Waals surface area contributed by atoms with Gasteiger partial charge in [0.2, 0.25) is 0 Å². The summed E-state index contributed by atoms with van der Waals surface area (Å²) in [6, 6.07) is 5.76. The van der Waals surface area contributed by atoms with Gasteiger partial charge < -0.3 is 0 Å². The Morgan fingerprint density at radius 2 is 2.22 bits per heavy atom. The lowest BCUT2D eigenvalue weighted by Crippen LogP contribution is -2.06. The van der Waals surface area contributed by atoms with Crippen LogP contribution in [-0.2, 0) is 6.54 Å². The summed E-state index contributed by atoms with van der Waals surface area (Å²) < 4.78 is 3.51. The number of nitrogens with one attached hydrogen (secondary N) is 1. The smallest absolute Gasteiger partial charge is 0.195 e. The number of nitrogens with zero attached hydrogens (tertiary/aromatic N) is 2. The second kappa shape index (κ2) is 5.55. The first-order valence-electron chi connectivity index (χ1n) is 5.59. The lowest BCUT2D eigenvalue weighted by Gasteiger charge is -2.09. The van der Waals surface area contributed by atoms with Crippen molar-refractivity contribution in [1.29, 1.82) is 0 Å². The van der Waals surface area contributed by atoms with Crippen LogP contribution in [0.5, 0.6) is 0 Å². The van der Waals surface area contributed by atoms with Gasteiger partial charge >= 0.3 is 0 Å². The van der Waals surface area contributed by atoms with Gasteiger partial charge in [0.15, 0.2) is 10.6 Å². The molecule has 0 unspecified atom stereocenters. The van der Waals surface area contributed by atoms with E-state index in [1.807, 2.05) is 22.8 Å². The molecular formula is C12H13BrClN3S. The third-order valence-electron chi connectivity index (χ3n) is 2.48. The minimum absolute atomic E-state index is 0.499. The van der Waals surface area contributed by atoms with Gasteiger partial charge in [-0.3, -0.25) is 9.67 Å². The van der Waals surface area contributed by atoms with Crippen molar-refractivity contribution in [3.05, 3.63) is 32.5 Å². The van der Waals surface area contributed by atoms with Crippen molar-refractivity contribution >= 4 is 39.7 Å². The number of aromatic nitrogens is 3. The van der Waals surface area contributed by atoms with E-state index in [1.165, 1.54) is 0 Å². The quantitative estimate of drug-likeness (QED) is 0.819. The number of benzene rings is 1. The lowest BCUT2D eigenvalue weighted by atomic mass is 10.2. The van der Waals surface area contributed by atoms with Crippen molar-refractivity contribution in [3.8, 4) is 11.4 Å². The van der Waals surface area contributed by atoms with Gasteiger partial charge in [-0.1, -0.05) is 25.4 Å². The molecule has 0 saturated heterocycles. The average molecular weight is 347 g/mol. The van der Waals surface area contributed by atoms with Gasteiger partial charge in [-0.05, 0) is 52.3 Å². The highest BCUT2D eigenvalue weighted by Crippen LogP contribution is 2.28. The maximum absolute atomic E-state index is 6.11. The molecule has 0 amide bonds. The van der Waals surface area contributed by atoms with E-state index in [1.54, 1.807) is 0 Å². The van der Waals surface area contributed by atoms with Crippen LogP contribution in [0.4, 0.5) is 0 Å². The highest BCUT2D eigenvalue weighted by molar-refractivity contribution is 9.10. The van der Waals surface area contributed by atoms with Crippen molar-refractivity contribution in [2.45, 2.75) is 20.4 Å². The van der Waals surface area contributed by atoms with Gasteiger partial charge in [0.1, 0.15) is 0 Å². The molecule has 0 aliphatic heterocycles. The SMILES string of the molecule is CC(C)Cn1c(-c2ccc(Br)c(Cl)c2)n[nH]c1=S. The Labute approximate surface area is 124 Å². The maximum Gasteiger partial charge on any atom is 0.195 e. The summed E-state index contributed by atoms with van der Waals surface area (Å²) in [4.78, 5) is 0. The van der Waals surface area contributed by atoms with Gasteiger partial charge in [0.25, 0.3) is 0 Å². The fourth-order valence-electron chi connectivity index (χ4n) is 1.71. The summed E-state index contributed by atoms with van der Waals surface area (Å²) in [5.41, 5.74) is 0.955. The van der Waals surface area contributed by atoms with Crippen LogP contribution in [0.15, 0.2) is 22.7 Å². The molecule has 0 bridgehead atoms. The standard InChI is InChI=1S/C12H13BrClN3S/c1-7(2)6-17-11(15-16-12(17)18)8-3-4-9(13)10(14)5-8/h3-5,7H,6H2,1-2H3,(H,16,18). The van der Waals surface area contributed by atoms with Crippen LogP contribution in [0.3, 0.4) is 0 Å². The minimum Gasteiger partial charge on any atom is -0.300 e. The van der Waals surface area contributed by atoms with Crippen LogP contribution in [0.25, 0.3) is 11.4 Å². The van der Waals surface area contributed by atoms with Crippen molar-refractivity contribution in [2.75, 3.05) is 0 Å². The van der Waals surface area contributed by atoms with Crippen molar-refractivity contribution in [2.24, 2.45) is 5.92 Å². The highest BCUT2D eigenvalue weighted by Gasteiger charge is 2.11. The molecule has 0 spiro atoms. The molecule has 0 atom stereocenters. The predicted molar refractivity (Wildman–Crippen MR) is 80.4 cm³/mol. The third-order valence-corrected chi connectivity index (χ3v) is 4.03. The Bertz CT molecular complexity index is 618. The molecule has 0 saturated carbocycles. The molecule has 2 rings (SSSR count). The van der Waals surface area contributed by atoms with E-state index < -0.39 is 0 Å². The van der Waals surface area contributed by atoms with E-state index in [4.69, 9.17) is 23.8 Å². The molecule has 6 heteroatoms. The Morgan fingerprint density at radius 3 is 2.83 bits per heavy atom. The fraction of sp³-hybridized carbons (Fsp3) is 0.333. The molecule has 0 radical (unpaired) electrons. The first-order valence-corrected chi connectivity index (χ1v) is 7.17. The zero-order valence-corrected chi connectivity index (χ0v) is 13.2. The van der Waals surface area contributed by atoms with Gasteiger partial charge in [0.05, 0.1) is 5.02 Å². The summed E-state index contributed by atoms with van der Waals surface area (Å²) in [7, 11) is 0. The molecule has 1 heterocycles. The molecule has 18 heavy (non-hydrogen) atoms. The van der Waals surface area contributed by atoms with Crippen molar-refractivity contribution < 1.29 is 0 Å². The van der Waals surface area contributed by atoms with Gasteiger partial charge in [-0.15, -0.1) is 0 Å². The number of hydrogen-bond donors (Lipinski definition) is 1. The molecule has 2 aromatic rings. The molecule has 0 aliphatic rings. The largest absolute Gasteiger partial charge is 0.300 e. The number of aromatic amines is 1. The summed E-state index contributed by atoms with van der Waals surface area (Å²) in [6.07, 6.45) is 0. The Morgan fingerprint density at radius 1 is 1.50 bits per heavy atom. The monoisotopic (exact) mass is 345 g/mol. The minimum atomic E-state index is 0.499. The van der Waals surface area contributed by atoms with Crippen molar-refractivity contribution in [3.63, 3.8) is 0 Å². The zero-order valence-electron chi connectivity index (χ0n) is 10.1. The number of halogens is 2. The topological polar surface area (TPSA) is 33.6 Å². The van der Waals surface area contributed by atoms with Gasteiger partial charge in [0, 0.05) is 16.6 Å². The van der Waals surface area contributed by atoms with Crippen LogP contribution in [0.1, 0.15) is 13.8 Å². The van der Waals surface area contributed by atoms with E-state index in [-0.39, 0.29) is 0 Å². The van der Waals surface area contributed by atoms with Crippen LogP contribution in [0.2, 0.25) is 5.02 Å². The van der Waals surface area contributed by atoms with E-state index in [0.717, 1.165) is 22.4 Å². The first-order chi connectivity index (χ1) is 8.49. The van der Waals surface area contributed by atoms with Gasteiger partial charge in [-0.2, -0.15) is 5.10 Å². The molecule has 1 N–H and O–H groups in total. The Balaban J connectivity index is 2.50. The average Bonchev–Trinajstić information content (AvgIpc) is 2.64. The van der Waals surface area contributed by atoms with E-state index in [9.17, 15) is 0 Å². The summed E-state index contributed by atoms with van der Waals surface area (Å²) >= 11 is 14.7. The van der Waals surface area contributed by atoms with Crippen LogP contribution in [-0.4, -0.2) is 14.8 Å². The van der Waals surface area contributed by atoms with Crippen LogP contribution < -0.4 is 0 Å². The molecule has 1 aromatic carbocycles. The summed E-state index contributed by atoms with van der Waals surface area (Å²) in [5.74, 6) is 1.32. The normalized spacial score (nSPS) is 11.2. The van der Waals surface area contributed by atoms with Crippen molar-refractivity contribution in [1.82, 2.24) is 14.8 Å². The number of rotatable bonds is 3. The number of H-pyrrole nitrogens is 1. The first kappa shape index (κ1) is 13.8. The summed E-state index contributed by atoms with van der Waals surface area (Å²) in [6.45, 7) is 5.12. The molecule has 0 aliphatic carbocycles. The Hall–Kier alpha value is -0.650. The van der Waals surface area contributed by atoms with E-state index in [0.29, 0.717) is 15.7 Å².